The first-order valence-corrected chi connectivity index (χ1v) is 17.4. The number of sulfonamides is 1. The lowest BCUT2D eigenvalue weighted by Gasteiger charge is -2.33. The van der Waals surface area contributed by atoms with Crippen molar-refractivity contribution in [3.05, 3.63) is 65.0 Å². The molecule has 12 nitrogen and oxygen atoms in total. The van der Waals surface area contributed by atoms with Gasteiger partial charge in [0.2, 0.25) is 10.0 Å². The number of primary amides is 1. The predicted octanol–water partition coefficient (Wildman–Crippen LogP) is 3.10. The van der Waals surface area contributed by atoms with E-state index in [9.17, 15) is 18.0 Å². The van der Waals surface area contributed by atoms with Gasteiger partial charge >= 0.3 is 0 Å². The van der Waals surface area contributed by atoms with Crippen LogP contribution in [0, 0.1) is 6.92 Å². The third-order valence-electron chi connectivity index (χ3n) is 9.24. The van der Waals surface area contributed by atoms with Crippen LogP contribution in [0.15, 0.2) is 47.4 Å². The quantitative estimate of drug-likeness (QED) is 0.355. The number of carbonyl (C=O) groups is 2. The highest BCUT2D eigenvalue weighted by Crippen LogP contribution is 2.31. The average Bonchev–Trinajstić information content (AvgIpc) is 3.17. The van der Waals surface area contributed by atoms with Crippen LogP contribution in [-0.4, -0.2) is 90.7 Å². The second-order valence-electron chi connectivity index (χ2n) is 13.4. The van der Waals surface area contributed by atoms with Gasteiger partial charge in [0.15, 0.2) is 0 Å². The van der Waals surface area contributed by atoms with Crippen LogP contribution in [0.25, 0.3) is 5.69 Å². The Labute approximate surface area is 271 Å². The summed E-state index contributed by atoms with van der Waals surface area (Å²) in [6.07, 6.45) is 3.99. The SMILES string of the molecule is Cc1nn(-c2ccc(C(N)=O)c(NC3CCN(S(=O)(=O)c4ccc(N5CCCCN(C)C5)cc4)CC3)c2)c2c1C(=O)NC(C)(C)C2. The molecule has 2 aromatic carbocycles. The molecule has 6 rings (SSSR count). The first-order chi connectivity index (χ1) is 21.8. The summed E-state index contributed by atoms with van der Waals surface area (Å²) in [4.78, 5) is 30.1. The Kier molecular flexibility index (Phi) is 8.59. The predicted molar refractivity (Wildman–Crippen MR) is 178 cm³/mol. The van der Waals surface area contributed by atoms with Crippen LogP contribution in [0.5, 0.6) is 0 Å². The molecule has 1 aromatic heterocycles. The number of nitrogens with two attached hydrogens (primary N) is 1. The molecule has 3 aliphatic rings. The summed E-state index contributed by atoms with van der Waals surface area (Å²) in [6, 6.07) is 12.5. The zero-order valence-corrected chi connectivity index (χ0v) is 27.9. The number of rotatable bonds is 7. The Morgan fingerprint density at radius 2 is 1.70 bits per heavy atom. The zero-order chi connectivity index (χ0) is 32.8. The highest BCUT2D eigenvalue weighted by Gasteiger charge is 2.35. The highest BCUT2D eigenvalue weighted by atomic mass is 32.2. The van der Waals surface area contributed by atoms with Crippen LogP contribution in [0.2, 0.25) is 0 Å². The number of hydrogen-bond donors (Lipinski definition) is 3. The second kappa shape index (κ2) is 12.3. The van der Waals surface area contributed by atoms with Crippen molar-refractivity contribution in [2.24, 2.45) is 5.73 Å². The van der Waals surface area contributed by atoms with Gasteiger partial charge in [-0.25, -0.2) is 13.1 Å². The maximum Gasteiger partial charge on any atom is 0.255 e. The van der Waals surface area contributed by atoms with Gasteiger partial charge in [-0.3, -0.25) is 14.5 Å². The van der Waals surface area contributed by atoms with Crippen molar-refractivity contribution in [2.45, 2.75) is 69.4 Å². The van der Waals surface area contributed by atoms with Gasteiger partial charge in [-0.1, -0.05) is 0 Å². The van der Waals surface area contributed by atoms with Gasteiger partial charge in [0.05, 0.1) is 39.8 Å². The van der Waals surface area contributed by atoms with Crippen LogP contribution in [-0.2, 0) is 16.4 Å². The maximum absolute atomic E-state index is 13.6. The molecule has 0 atom stereocenters. The van der Waals surface area contributed by atoms with Crippen molar-refractivity contribution in [2.75, 3.05) is 50.1 Å². The van der Waals surface area contributed by atoms with Crippen LogP contribution in [0.4, 0.5) is 11.4 Å². The van der Waals surface area contributed by atoms with Gasteiger partial charge in [-0.2, -0.15) is 9.40 Å². The summed E-state index contributed by atoms with van der Waals surface area (Å²) < 4.78 is 30.4. The summed E-state index contributed by atoms with van der Waals surface area (Å²) in [7, 11) is -1.54. The lowest BCUT2D eigenvalue weighted by molar-refractivity contribution is 0.0894. The van der Waals surface area contributed by atoms with Gasteiger partial charge in [-0.15, -0.1) is 0 Å². The van der Waals surface area contributed by atoms with E-state index in [1.54, 1.807) is 28.9 Å². The molecule has 3 aliphatic heterocycles. The summed E-state index contributed by atoms with van der Waals surface area (Å²) in [5.74, 6) is -0.714. The minimum atomic E-state index is -3.65. The molecule has 3 aromatic rings. The fraction of sp³-hybridized carbons (Fsp3) is 0.485. The molecule has 0 spiro atoms. The molecular weight excluding hydrogens is 604 g/mol. The number of nitrogens with one attached hydrogen (secondary N) is 2. The molecule has 2 saturated heterocycles. The Bertz CT molecular complexity index is 1740. The summed E-state index contributed by atoms with van der Waals surface area (Å²) in [6.45, 7) is 9.30. The number of piperidine rings is 1. The van der Waals surface area contributed by atoms with Crippen molar-refractivity contribution < 1.29 is 18.0 Å². The first-order valence-electron chi connectivity index (χ1n) is 16.0. The summed E-state index contributed by atoms with van der Waals surface area (Å²) >= 11 is 0. The van der Waals surface area contributed by atoms with E-state index in [4.69, 9.17) is 5.73 Å². The molecule has 2 amide bonds. The number of aryl methyl sites for hydroxylation is 1. The number of amides is 2. The molecule has 0 bridgehead atoms. The number of hydrogen-bond acceptors (Lipinski definition) is 8. The molecule has 4 N–H and O–H groups in total. The number of benzene rings is 2. The van der Waals surface area contributed by atoms with Crippen LogP contribution in [0.3, 0.4) is 0 Å². The molecular formula is C33H44N8O4S. The summed E-state index contributed by atoms with van der Waals surface area (Å²) in [5.41, 5.74) is 9.97. The van der Waals surface area contributed by atoms with Crippen molar-refractivity contribution in [1.82, 2.24) is 24.3 Å². The third kappa shape index (κ3) is 6.36. The number of anilines is 2. The van der Waals surface area contributed by atoms with Crippen LogP contribution >= 0.6 is 0 Å². The van der Waals surface area contributed by atoms with Crippen molar-refractivity contribution >= 4 is 33.2 Å². The first kappa shape index (κ1) is 32.0. The second-order valence-corrected chi connectivity index (χ2v) is 15.4. The largest absolute Gasteiger partial charge is 0.382 e. The number of nitrogens with zero attached hydrogens (tertiary/aromatic N) is 5. The van der Waals surface area contributed by atoms with E-state index in [2.05, 4.69) is 32.6 Å². The van der Waals surface area contributed by atoms with E-state index >= 15 is 0 Å². The van der Waals surface area contributed by atoms with E-state index in [1.165, 1.54) is 4.31 Å². The van der Waals surface area contributed by atoms with Crippen LogP contribution < -0.4 is 21.3 Å². The normalized spacial score (nSPS) is 19.7. The molecule has 246 valence electrons. The van der Waals surface area contributed by atoms with Crippen LogP contribution in [0.1, 0.15) is 71.6 Å². The van der Waals surface area contributed by atoms with E-state index < -0.39 is 21.5 Å². The van der Waals surface area contributed by atoms with Gasteiger partial charge < -0.3 is 21.3 Å². The number of carbonyl (C=O) groups excluding carboxylic acids is 2. The topological polar surface area (TPSA) is 146 Å². The van der Waals surface area contributed by atoms with Gasteiger partial charge in [-0.05, 0) is 103 Å². The van der Waals surface area contributed by atoms with E-state index in [-0.39, 0.29) is 11.9 Å². The van der Waals surface area contributed by atoms with E-state index in [0.717, 1.165) is 44.0 Å². The molecule has 4 heterocycles. The Morgan fingerprint density at radius 3 is 2.39 bits per heavy atom. The van der Waals surface area contributed by atoms with Crippen molar-refractivity contribution in [3.63, 3.8) is 0 Å². The average molecular weight is 649 g/mol. The van der Waals surface area contributed by atoms with E-state index in [0.29, 0.717) is 65.4 Å². The number of aromatic nitrogens is 2. The fourth-order valence-electron chi connectivity index (χ4n) is 6.84. The molecule has 0 saturated carbocycles. The Balaban J connectivity index is 1.16. The minimum absolute atomic E-state index is 0.0693. The lowest BCUT2D eigenvalue weighted by atomic mass is 9.90. The molecule has 0 aliphatic carbocycles. The van der Waals surface area contributed by atoms with Gasteiger partial charge in [0.25, 0.3) is 11.8 Å². The Morgan fingerprint density at radius 1 is 1.02 bits per heavy atom. The third-order valence-corrected chi connectivity index (χ3v) is 11.2. The zero-order valence-electron chi connectivity index (χ0n) is 27.0. The van der Waals surface area contributed by atoms with E-state index in [1.807, 2.05) is 39.0 Å². The summed E-state index contributed by atoms with van der Waals surface area (Å²) in [5, 5.41) is 11.2. The fourth-order valence-corrected chi connectivity index (χ4v) is 8.31. The van der Waals surface area contributed by atoms with Crippen molar-refractivity contribution in [1.29, 1.82) is 0 Å². The smallest absolute Gasteiger partial charge is 0.255 e. The molecule has 0 unspecified atom stereocenters. The minimum Gasteiger partial charge on any atom is -0.382 e. The Hall–Kier alpha value is -3.94. The lowest BCUT2D eigenvalue weighted by Crippen LogP contribution is -2.49. The molecule has 46 heavy (non-hydrogen) atoms. The molecule has 2 fully saturated rings. The number of fused-ring (bicyclic) bond motifs is 1. The standard InChI is InChI=1S/C33H44N8O4S/c1-22-30-29(20-33(2,3)36-32(30)43)41(37-22)25-9-12-27(31(34)42)28(19-25)35-23-13-17-40(18-14-23)46(44,45)26-10-7-24(8-11-26)39-16-6-5-15-38(4)21-39/h7-12,19,23,35H,5-6,13-18,20-21H2,1-4H3,(H2,34,42)(H,36,43). The van der Waals surface area contributed by atoms with Crippen molar-refractivity contribution in [3.8, 4) is 5.69 Å². The molecule has 0 radical (unpaired) electrons. The molecule has 13 heteroatoms. The van der Waals surface area contributed by atoms with Gasteiger partial charge in [0.1, 0.15) is 0 Å². The van der Waals surface area contributed by atoms with Gasteiger partial charge in [0, 0.05) is 49.0 Å². The monoisotopic (exact) mass is 648 g/mol. The highest BCUT2D eigenvalue weighted by molar-refractivity contribution is 7.89. The maximum atomic E-state index is 13.6.